The maximum Gasteiger partial charge on any atom is 0.0687 e. The first-order chi connectivity index (χ1) is 5.52. The van der Waals surface area contributed by atoms with Crippen molar-refractivity contribution in [2.45, 2.75) is 52.1 Å². The normalized spacial score (nSPS) is 33.8. The molecule has 1 saturated carbocycles. The minimum Gasteiger partial charge on any atom is -0.375 e. The summed E-state index contributed by atoms with van der Waals surface area (Å²) in [6, 6.07) is 0. The lowest BCUT2D eigenvalue weighted by Gasteiger charge is -2.38. The van der Waals surface area contributed by atoms with Crippen molar-refractivity contribution in [2.24, 2.45) is 11.3 Å². The van der Waals surface area contributed by atoms with E-state index in [-0.39, 0.29) is 0 Å². The molecule has 1 heteroatoms. The predicted octanol–water partition coefficient (Wildman–Crippen LogP) is 2.99. The standard InChI is InChI=1S/C11H20O/c1-10(2,3)9-4-7-12-11(8-9)5-6-11/h9H,4-8H2,1-3H3. The van der Waals surface area contributed by atoms with Crippen molar-refractivity contribution >= 4 is 0 Å². The van der Waals surface area contributed by atoms with Crippen LogP contribution in [-0.2, 0) is 4.74 Å². The molecule has 12 heavy (non-hydrogen) atoms. The Kier molecular flexibility index (Phi) is 1.76. The Morgan fingerprint density at radius 1 is 1.25 bits per heavy atom. The molecular weight excluding hydrogens is 148 g/mol. The summed E-state index contributed by atoms with van der Waals surface area (Å²) in [7, 11) is 0. The number of rotatable bonds is 0. The van der Waals surface area contributed by atoms with Crippen molar-refractivity contribution in [1.29, 1.82) is 0 Å². The highest BCUT2D eigenvalue weighted by molar-refractivity contribution is 5.00. The molecule has 1 heterocycles. The summed E-state index contributed by atoms with van der Waals surface area (Å²) < 4.78 is 5.80. The lowest BCUT2D eigenvalue weighted by Crippen LogP contribution is -2.34. The van der Waals surface area contributed by atoms with Gasteiger partial charge in [0.2, 0.25) is 0 Å². The van der Waals surface area contributed by atoms with E-state index in [1.54, 1.807) is 0 Å². The molecule has 1 spiro atoms. The van der Waals surface area contributed by atoms with Crippen LogP contribution in [0.1, 0.15) is 46.5 Å². The average Bonchev–Trinajstić information content (AvgIpc) is 2.68. The Morgan fingerprint density at radius 2 is 1.92 bits per heavy atom. The van der Waals surface area contributed by atoms with Crippen LogP contribution < -0.4 is 0 Å². The first-order valence-corrected chi connectivity index (χ1v) is 5.16. The van der Waals surface area contributed by atoms with Gasteiger partial charge in [-0.1, -0.05) is 20.8 Å². The lowest BCUT2D eigenvalue weighted by atomic mass is 9.74. The van der Waals surface area contributed by atoms with Crippen LogP contribution in [0.25, 0.3) is 0 Å². The molecule has 0 N–H and O–H groups in total. The maximum absolute atomic E-state index is 5.80. The molecule has 1 aliphatic carbocycles. The van der Waals surface area contributed by atoms with E-state index in [0.717, 1.165) is 12.5 Å². The van der Waals surface area contributed by atoms with Gasteiger partial charge in [-0.05, 0) is 37.0 Å². The van der Waals surface area contributed by atoms with E-state index in [4.69, 9.17) is 4.74 Å². The smallest absolute Gasteiger partial charge is 0.0687 e. The van der Waals surface area contributed by atoms with E-state index in [2.05, 4.69) is 20.8 Å². The number of hydrogen-bond acceptors (Lipinski definition) is 1. The molecule has 1 nitrogen and oxygen atoms in total. The summed E-state index contributed by atoms with van der Waals surface area (Å²) in [5.74, 6) is 0.883. The van der Waals surface area contributed by atoms with E-state index in [1.807, 2.05) is 0 Å². The van der Waals surface area contributed by atoms with Crippen LogP contribution in [0.15, 0.2) is 0 Å². The zero-order valence-corrected chi connectivity index (χ0v) is 8.52. The summed E-state index contributed by atoms with van der Waals surface area (Å²) in [4.78, 5) is 0. The third kappa shape index (κ3) is 1.52. The third-order valence-electron chi connectivity index (χ3n) is 3.53. The van der Waals surface area contributed by atoms with Crippen LogP contribution in [0, 0.1) is 11.3 Å². The highest BCUT2D eigenvalue weighted by Crippen LogP contribution is 2.51. The molecule has 2 rings (SSSR count). The van der Waals surface area contributed by atoms with Crippen LogP contribution in [0.3, 0.4) is 0 Å². The zero-order valence-electron chi connectivity index (χ0n) is 8.52. The van der Waals surface area contributed by atoms with Crippen molar-refractivity contribution in [3.8, 4) is 0 Å². The minimum absolute atomic E-state index is 0.357. The van der Waals surface area contributed by atoms with Gasteiger partial charge in [-0.2, -0.15) is 0 Å². The molecule has 2 aliphatic rings. The van der Waals surface area contributed by atoms with Crippen LogP contribution in [0.4, 0.5) is 0 Å². The Hall–Kier alpha value is -0.0400. The maximum atomic E-state index is 5.80. The topological polar surface area (TPSA) is 9.23 Å². The fraction of sp³-hybridized carbons (Fsp3) is 1.00. The third-order valence-corrected chi connectivity index (χ3v) is 3.53. The second-order valence-corrected chi connectivity index (χ2v) is 5.59. The Bertz CT molecular complexity index is 174. The van der Waals surface area contributed by atoms with Crippen molar-refractivity contribution in [3.63, 3.8) is 0 Å². The molecular formula is C11H20O. The van der Waals surface area contributed by atoms with E-state index in [1.165, 1.54) is 25.7 Å². The molecule has 0 aromatic rings. The lowest BCUT2D eigenvalue weighted by molar-refractivity contribution is -0.0519. The van der Waals surface area contributed by atoms with Gasteiger partial charge in [0.05, 0.1) is 5.60 Å². The second-order valence-electron chi connectivity index (χ2n) is 5.59. The Labute approximate surface area is 75.5 Å². The summed E-state index contributed by atoms with van der Waals surface area (Å²) in [5, 5.41) is 0. The SMILES string of the molecule is CC(C)(C)C1CCOC2(CC2)C1. The minimum atomic E-state index is 0.357. The first-order valence-electron chi connectivity index (χ1n) is 5.16. The van der Waals surface area contributed by atoms with Crippen LogP contribution in [0.5, 0.6) is 0 Å². The van der Waals surface area contributed by atoms with Crippen LogP contribution >= 0.6 is 0 Å². The van der Waals surface area contributed by atoms with Crippen molar-refractivity contribution in [2.75, 3.05) is 6.61 Å². The summed E-state index contributed by atoms with van der Waals surface area (Å²) in [6.07, 6.45) is 5.22. The molecule has 2 fully saturated rings. The van der Waals surface area contributed by atoms with E-state index in [0.29, 0.717) is 11.0 Å². The molecule has 1 saturated heterocycles. The highest BCUT2D eigenvalue weighted by atomic mass is 16.5. The van der Waals surface area contributed by atoms with Gasteiger partial charge in [0, 0.05) is 6.61 Å². The largest absolute Gasteiger partial charge is 0.375 e. The van der Waals surface area contributed by atoms with Gasteiger partial charge in [0.15, 0.2) is 0 Å². The Morgan fingerprint density at radius 3 is 2.42 bits per heavy atom. The van der Waals surface area contributed by atoms with Gasteiger partial charge in [0.25, 0.3) is 0 Å². The molecule has 70 valence electrons. The quantitative estimate of drug-likeness (QED) is 0.540. The fourth-order valence-electron chi connectivity index (χ4n) is 2.25. The van der Waals surface area contributed by atoms with Crippen LogP contribution in [-0.4, -0.2) is 12.2 Å². The van der Waals surface area contributed by atoms with Gasteiger partial charge in [-0.15, -0.1) is 0 Å². The van der Waals surface area contributed by atoms with Gasteiger partial charge < -0.3 is 4.74 Å². The Balaban J connectivity index is 1.99. The van der Waals surface area contributed by atoms with Crippen molar-refractivity contribution in [1.82, 2.24) is 0 Å². The molecule has 1 atom stereocenters. The predicted molar refractivity (Wildman–Crippen MR) is 50.1 cm³/mol. The van der Waals surface area contributed by atoms with Crippen molar-refractivity contribution < 1.29 is 4.74 Å². The zero-order chi connectivity index (χ0) is 8.82. The second kappa shape index (κ2) is 2.47. The molecule has 0 amide bonds. The van der Waals surface area contributed by atoms with E-state index >= 15 is 0 Å². The average molecular weight is 168 g/mol. The van der Waals surface area contributed by atoms with Gasteiger partial charge in [0.1, 0.15) is 0 Å². The molecule has 1 unspecified atom stereocenters. The van der Waals surface area contributed by atoms with E-state index < -0.39 is 0 Å². The van der Waals surface area contributed by atoms with Gasteiger partial charge in [-0.25, -0.2) is 0 Å². The van der Waals surface area contributed by atoms with E-state index in [9.17, 15) is 0 Å². The highest BCUT2D eigenvalue weighted by Gasteiger charge is 2.49. The molecule has 0 radical (unpaired) electrons. The first kappa shape index (κ1) is 8.55. The van der Waals surface area contributed by atoms with Crippen LogP contribution in [0.2, 0.25) is 0 Å². The molecule has 1 aliphatic heterocycles. The van der Waals surface area contributed by atoms with Gasteiger partial charge in [-0.3, -0.25) is 0 Å². The summed E-state index contributed by atoms with van der Waals surface area (Å²) in [6.45, 7) is 8.08. The summed E-state index contributed by atoms with van der Waals surface area (Å²) >= 11 is 0. The molecule has 0 bridgehead atoms. The summed E-state index contributed by atoms with van der Waals surface area (Å²) in [5.41, 5.74) is 0.843. The number of ether oxygens (including phenoxy) is 1. The molecule has 0 aromatic carbocycles. The van der Waals surface area contributed by atoms with Gasteiger partial charge >= 0.3 is 0 Å². The molecule has 0 aromatic heterocycles. The van der Waals surface area contributed by atoms with Crippen molar-refractivity contribution in [3.05, 3.63) is 0 Å². The monoisotopic (exact) mass is 168 g/mol. The number of hydrogen-bond donors (Lipinski definition) is 0. The fourth-order valence-corrected chi connectivity index (χ4v) is 2.25.